The number of nitrogens with zero attached hydrogens (tertiary/aromatic N) is 1. The first kappa shape index (κ1) is 33.5. The minimum absolute atomic E-state index is 0.133. The molecule has 0 fully saturated rings. The molecule has 270 valence electrons. The fraction of sp³-hybridized carbons (Fsp3) is 0.423. The first-order chi connectivity index (χ1) is 26.0. The maximum Gasteiger partial charge on any atom is 0.0518 e. The first-order valence-corrected chi connectivity index (χ1v) is 21.2. The average Bonchev–Trinajstić information content (AvgIpc) is 3.65. The average molecular weight is 696 g/mol. The molecule has 0 radical (unpaired) electrons. The molecule has 8 unspecified atom stereocenters. The number of rotatable bonds is 6. The largest absolute Gasteiger partial charge is 0.342 e. The highest BCUT2D eigenvalue weighted by Crippen LogP contribution is 2.66. The lowest BCUT2D eigenvalue weighted by Crippen LogP contribution is -2.48. The molecule has 2 aromatic carbocycles. The van der Waals surface area contributed by atoms with E-state index in [1.165, 1.54) is 68.2 Å². The van der Waals surface area contributed by atoms with Crippen LogP contribution in [-0.2, 0) is 5.41 Å². The van der Waals surface area contributed by atoms with Crippen molar-refractivity contribution >= 4 is 5.57 Å². The predicted molar refractivity (Wildman–Crippen MR) is 222 cm³/mol. The molecular weight excluding hydrogens is 639 g/mol. The summed E-state index contributed by atoms with van der Waals surface area (Å²) < 4.78 is 0. The lowest BCUT2D eigenvalue weighted by Gasteiger charge is -2.53. The number of benzene rings is 2. The molecule has 0 aromatic heterocycles. The van der Waals surface area contributed by atoms with Gasteiger partial charge in [0.15, 0.2) is 0 Å². The summed E-state index contributed by atoms with van der Waals surface area (Å²) in [7, 11) is 0. The third kappa shape index (κ3) is 5.31. The Kier molecular flexibility index (Phi) is 8.42. The Labute approximate surface area is 319 Å². The van der Waals surface area contributed by atoms with E-state index in [9.17, 15) is 0 Å². The van der Waals surface area contributed by atoms with Crippen molar-refractivity contribution in [3.63, 3.8) is 0 Å². The summed E-state index contributed by atoms with van der Waals surface area (Å²) in [5, 5.41) is 0. The second-order valence-electron chi connectivity index (χ2n) is 18.0. The predicted octanol–water partition coefficient (Wildman–Crippen LogP) is 13.1. The third-order valence-electron chi connectivity index (χ3n) is 15.2. The maximum atomic E-state index is 2.91. The molecule has 0 saturated heterocycles. The van der Waals surface area contributed by atoms with Crippen LogP contribution in [0, 0.1) is 35.0 Å². The second-order valence-corrected chi connectivity index (χ2v) is 18.0. The van der Waals surface area contributed by atoms with Crippen molar-refractivity contribution in [2.24, 2.45) is 35.0 Å². The molecule has 8 atom stereocenters. The van der Waals surface area contributed by atoms with Gasteiger partial charge in [0, 0.05) is 22.7 Å². The molecule has 0 saturated carbocycles. The standard InChI is InChI=1S/C52H57N/c1-51(2)47-28-12-9-25-43(47)46-32-31-42(35-50(46)51)53(40-23-15-19-37(33-40)36-17-5-3-6-18-36)41-24-16-22-39(34-41)52(38-20-7-4-8-21-38)48-29-13-10-26-44(48)45-27-11-14-30-49(45)52/h3,5-7,9-13,16-20,24-29,33,35,38-39,41,44,46,48,50H,4,8,14-15,21-23,30-32,34H2,1-2H3. The Morgan fingerprint density at radius 2 is 1.60 bits per heavy atom. The zero-order valence-corrected chi connectivity index (χ0v) is 32.0. The normalized spacial score (nSPS) is 34.8. The van der Waals surface area contributed by atoms with Crippen LogP contribution in [0.25, 0.3) is 5.57 Å². The van der Waals surface area contributed by atoms with Crippen LogP contribution in [0.2, 0.25) is 0 Å². The quantitative estimate of drug-likeness (QED) is 0.272. The molecular formula is C52H57N. The minimum Gasteiger partial charge on any atom is -0.342 e. The van der Waals surface area contributed by atoms with Gasteiger partial charge < -0.3 is 4.90 Å². The fourth-order valence-electron chi connectivity index (χ4n) is 13.0. The molecule has 8 aliphatic rings. The Balaban J connectivity index is 1.08. The highest BCUT2D eigenvalue weighted by molar-refractivity contribution is 5.75. The van der Waals surface area contributed by atoms with Crippen LogP contribution >= 0.6 is 0 Å². The summed E-state index contributed by atoms with van der Waals surface area (Å²) in [6.07, 6.45) is 46.6. The van der Waals surface area contributed by atoms with E-state index in [4.69, 9.17) is 0 Å². The van der Waals surface area contributed by atoms with E-state index in [1.807, 2.05) is 5.57 Å². The fourth-order valence-corrected chi connectivity index (χ4v) is 13.0. The summed E-state index contributed by atoms with van der Waals surface area (Å²) in [6, 6.07) is 20.9. The second kappa shape index (κ2) is 13.3. The lowest BCUT2D eigenvalue weighted by atomic mass is 9.52. The van der Waals surface area contributed by atoms with Gasteiger partial charge in [0.2, 0.25) is 0 Å². The van der Waals surface area contributed by atoms with E-state index in [-0.39, 0.29) is 10.8 Å². The van der Waals surface area contributed by atoms with Gasteiger partial charge >= 0.3 is 0 Å². The van der Waals surface area contributed by atoms with Crippen LogP contribution in [0.4, 0.5) is 0 Å². The van der Waals surface area contributed by atoms with Crippen LogP contribution < -0.4 is 0 Å². The third-order valence-corrected chi connectivity index (χ3v) is 15.2. The molecule has 1 nitrogen and oxygen atoms in total. The van der Waals surface area contributed by atoms with Gasteiger partial charge in [-0.2, -0.15) is 0 Å². The van der Waals surface area contributed by atoms with Crippen molar-refractivity contribution < 1.29 is 0 Å². The van der Waals surface area contributed by atoms with Gasteiger partial charge in [-0.15, -0.1) is 0 Å². The number of allylic oxidation sites excluding steroid dienone is 17. The summed E-state index contributed by atoms with van der Waals surface area (Å²) in [5.74, 6) is 3.43. The van der Waals surface area contributed by atoms with E-state index in [2.05, 4.69) is 152 Å². The summed E-state index contributed by atoms with van der Waals surface area (Å²) in [6.45, 7) is 5.03. The molecule has 10 rings (SSSR count). The highest BCUT2D eigenvalue weighted by atomic mass is 15.2. The van der Waals surface area contributed by atoms with Gasteiger partial charge in [-0.1, -0.05) is 147 Å². The van der Waals surface area contributed by atoms with Gasteiger partial charge in [0.05, 0.1) is 6.04 Å². The molecule has 0 heterocycles. The molecule has 2 aromatic rings. The van der Waals surface area contributed by atoms with Gasteiger partial charge in [0.25, 0.3) is 0 Å². The Morgan fingerprint density at radius 1 is 0.736 bits per heavy atom. The van der Waals surface area contributed by atoms with E-state index in [0.717, 1.165) is 19.3 Å². The lowest BCUT2D eigenvalue weighted by molar-refractivity contribution is 0.0566. The number of hydrogen-bond donors (Lipinski definition) is 0. The summed E-state index contributed by atoms with van der Waals surface area (Å²) >= 11 is 0. The van der Waals surface area contributed by atoms with Crippen molar-refractivity contribution in [1.82, 2.24) is 4.90 Å². The van der Waals surface area contributed by atoms with Crippen LogP contribution in [-0.4, -0.2) is 10.9 Å². The van der Waals surface area contributed by atoms with Crippen molar-refractivity contribution in [3.05, 3.63) is 173 Å². The number of fused-ring (bicyclic) bond motifs is 5. The topological polar surface area (TPSA) is 3.24 Å². The van der Waals surface area contributed by atoms with Gasteiger partial charge in [-0.25, -0.2) is 0 Å². The zero-order valence-electron chi connectivity index (χ0n) is 32.0. The van der Waals surface area contributed by atoms with Gasteiger partial charge in [0.1, 0.15) is 0 Å². The summed E-state index contributed by atoms with van der Waals surface area (Å²) in [4.78, 5) is 2.91. The van der Waals surface area contributed by atoms with Crippen molar-refractivity contribution in [1.29, 1.82) is 0 Å². The van der Waals surface area contributed by atoms with E-state index < -0.39 is 0 Å². The zero-order chi connectivity index (χ0) is 35.6. The van der Waals surface area contributed by atoms with Crippen molar-refractivity contribution in [2.75, 3.05) is 0 Å². The summed E-state index contributed by atoms with van der Waals surface area (Å²) in [5.41, 5.74) is 12.8. The Bertz CT molecular complexity index is 2040. The van der Waals surface area contributed by atoms with Gasteiger partial charge in [-0.05, 0) is 140 Å². The molecule has 0 spiro atoms. The SMILES string of the molecule is CC1(C)c2ccccc2C2CCC(N(C3=CC(c4ccccc4)=CCC3)C3C=CCC(C4(C5C=CCCC5)C5=C(C=CCC5)C5C=CC=CC54)C3)=CC21. The molecule has 0 amide bonds. The van der Waals surface area contributed by atoms with E-state index >= 15 is 0 Å². The number of hydrogen-bond acceptors (Lipinski definition) is 1. The van der Waals surface area contributed by atoms with Gasteiger partial charge in [-0.3, -0.25) is 0 Å². The molecule has 1 heteroatoms. The molecule has 0 aliphatic heterocycles. The van der Waals surface area contributed by atoms with Crippen molar-refractivity contribution in [3.8, 4) is 0 Å². The molecule has 53 heavy (non-hydrogen) atoms. The van der Waals surface area contributed by atoms with E-state index in [1.54, 1.807) is 22.4 Å². The van der Waals surface area contributed by atoms with Crippen LogP contribution in [0.15, 0.2) is 156 Å². The Hall–Kier alpha value is -4.10. The van der Waals surface area contributed by atoms with Crippen molar-refractivity contribution in [2.45, 2.75) is 102 Å². The monoisotopic (exact) mass is 695 g/mol. The van der Waals surface area contributed by atoms with Crippen LogP contribution in [0.3, 0.4) is 0 Å². The molecule has 8 aliphatic carbocycles. The minimum atomic E-state index is 0.133. The first-order valence-electron chi connectivity index (χ1n) is 21.2. The molecule has 0 N–H and O–H groups in total. The molecule has 0 bridgehead atoms. The van der Waals surface area contributed by atoms with Crippen LogP contribution in [0.5, 0.6) is 0 Å². The maximum absolute atomic E-state index is 2.91. The van der Waals surface area contributed by atoms with E-state index in [0.29, 0.717) is 41.5 Å². The smallest absolute Gasteiger partial charge is 0.0518 e. The Morgan fingerprint density at radius 3 is 2.49 bits per heavy atom. The highest BCUT2D eigenvalue weighted by Gasteiger charge is 2.59. The van der Waals surface area contributed by atoms with Crippen LogP contribution in [0.1, 0.15) is 107 Å².